The van der Waals surface area contributed by atoms with Crippen LogP contribution >= 0.6 is 0 Å². The molecule has 0 saturated heterocycles. The summed E-state index contributed by atoms with van der Waals surface area (Å²) >= 11 is 0. The number of amides is 1. The van der Waals surface area contributed by atoms with E-state index in [2.05, 4.69) is 5.32 Å². The van der Waals surface area contributed by atoms with Crippen molar-refractivity contribution in [3.63, 3.8) is 0 Å². The number of rotatable bonds is 0. The fourth-order valence-corrected chi connectivity index (χ4v) is 1.61. The number of fused-ring (bicyclic) bond motifs is 1. The van der Waals surface area contributed by atoms with Crippen molar-refractivity contribution in [3.8, 4) is 5.75 Å². The highest BCUT2D eigenvalue weighted by atomic mass is 16.3. The Hall–Kier alpha value is -1.55. The molecule has 14 heavy (non-hydrogen) atoms. The lowest BCUT2D eigenvalue weighted by Crippen LogP contribution is -2.34. The van der Waals surface area contributed by atoms with Crippen LogP contribution in [0.1, 0.15) is 12.0 Å². The summed E-state index contributed by atoms with van der Waals surface area (Å²) in [5.41, 5.74) is 7.06. The maximum Gasteiger partial charge on any atom is 0.241 e. The molecule has 2 rings (SSSR count). The number of anilines is 1. The average molecular weight is 192 g/mol. The van der Waals surface area contributed by atoms with Gasteiger partial charge in [0.2, 0.25) is 5.91 Å². The standard InChI is InChI=1S/C10H12N2O2/c11-7-5-4-6-8(12-10(7)14)2-1-3-9(6)13/h1-3,7,13H,4-5,11H2,(H,12,14). The second-order valence-corrected chi connectivity index (χ2v) is 3.44. The van der Waals surface area contributed by atoms with E-state index in [4.69, 9.17) is 5.73 Å². The Bertz CT molecular complexity index is 376. The predicted molar refractivity (Wildman–Crippen MR) is 53.0 cm³/mol. The van der Waals surface area contributed by atoms with Gasteiger partial charge in [-0.15, -0.1) is 0 Å². The van der Waals surface area contributed by atoms with E-state index < -0.39 is 6.04 Å². The molecular formula is C10H12N2O2. The van der Waals surface area contributed by atoms with Crippen molar-refractivity contribution in [1.29, 1.82) is 0 Å². The first-order valence-electron chi connectivity index (χ1n) is 4.56. The number of phenols is 1. The topological polar surface area (TPSA) is 75.3 Å². The highest BCUT2D eigenvalue weighted by Crippen LogP contribution is 2.29. The van der Waals surface area contributed by atoms with Crippen LogP contribution in [0.3, 0.4) is 0 Å². The van der Waals surface area contributed by atoms with Crippen LogP contribution in [-0.4, -0.2) is 17.1 Å². The van der Waals surface area contributed by atoms with Crippen LogP contribution in [0.25, 0.3) is 0 Å². The molecule has 1 aliphatic rings. The van der Waals surface area contributed by atoms with Gasteiger partial charge in [0.1, 0.15) is 5.75 Å². The van der Waals surface area contributed by atoms with Crippen molar-refractivity contribution in [2.45, 2.75) is 18.9 Å². The molecule has 1 aliphatic heterocycles. The summed E-state index contributed by atoms with van der Waals surface area (Å²) in [5, 5.41) is 12.3. The molecule has 1 heterocycles. The van der Waals surface area contributed by atoms with Crippen molar-refractivity contribution in [2.24, 2.45) is 5.73 Å². The number of benzene rings is 1. The number of carbonyl (C=O) groups is 1. The lowest BCUT2D eigenvalue weighted by Gasteiger charge is -2.07. The Balaban J connectivity index is 2.42. The SMILES string of the molecule is NC1CCc2c(O)cccc2NC1=O. The van der Waals surface area contributed by atoms with E-state index in [-0.39, 0.29) is 11.7 Å². The van der Waals surface area contributed by atoms with E-state index in [1.54, 1.807) is 18.2 Å². The highest BCUT2D eigenvalue weighted by Gasteiger charge is 2.21. The molecule has 74 valence electrons. The fourth-order valence-electron chi connectivity index (χ4n) is 1.61. The zero-order valence-corrected chi connectivity index (χ0v) is 7.66. The number of phenolic OH excluding ortho intramolecular Hbond substituents is 1. The molecule has 0 aliphatic carbocycles. The van der Waals surface area contributed by atoms with Crippen LogP contribution in [0.5, 0.6) is 5.75 Å². The fraction of sp³-hybridized carbons (Fsp3) is 0.300. The lowest BCUT2D eigenvalue weighted by molar-refractivity contribution is -0.117. The third kappa shape index (κ3) is 1.44. The maximum atomic E-state index is 11.4. The third-order valence-corrected chi connectivity index (χ3v) is 2.45. The van der Waals surface area contributed by atoms with E-state index in [9.17, 15) is 9.90 Å². The minimum absolute atomic E-state index is 0.186. The molecular weight excluding hydrogens is 180 g/mol. The molecule has 1 unspecified atom stereocenters. The molecule has 0 bridgehead atoms. The van der Waals surface area contributed by atoms with Gasteiger partial charge in [0, 0.05) is 11.3 Å². The monoisotopic (exact) mass is 192 g/mol. The Labute approximate surface area is 81.7 Å². The molecule has 0 spiro atoms. The zero-order chi connectivity index (χ0) is 10.1. The van der Waals surface area contributed by atoms with Gasteiger partial charge in [0.15, 0.2) is 0 Å². The molecule has 0 aromatic heterocycles. The van der Waals surface area contributed by atoms with Gasteiger partial charge < -0.3 is 16.2 Å². The van der Waals surface area contributed by atoms with Gasteiger partial charge in [-0.1, -0.05) is 6.07 Å². The predicted octanol–water partition coefficient (Wildman–Crippen LogP) is 0.604. The Morgan fingerprint density at radius 1 is 1.50 bits per heavy atom. The van der Waals surface area contributed by atoms with Crippen molar-refractivity contribution >= 4 is 11.6 Å². The lowest BCUT2D eigenvalue weighted by atomic mass is 10.1. The van der Waals surface area contributed by atoms with Gasteiger partial charge in [-0.25, -0.2) is 0 Å². The molecule has 1 aromatic rings. The number of nitrogens with two attached hydrogens (primary N) is 1. The molecule has 4 nitrogen and oxygen atoms in total. The van der Waals surface area contributed by atoms with Crippen molar-refractivity contribution < 1.29 is 9.90 Å². The first-order chi connectivity index (χ1) is 6.68. The van der Waals surface area contributed by atoms with Crippen LogP contribution in [0, 0.1) is 0 Å². The highest BCUT2D eigenvalue weighted by molar-refractivity contribution is 5.96. The number of carbonyl (C=O) groups excluding carboxylic acids is 1. The first-order valence-corrected chi connectivity index (χ1v) is 4.56. The Morgan fingerprint density at radius 2 is 2.29 bits per heavy atom. The summed E-state index contributed by atoms with van der Waals surface area (Å²) in [5.74, 6) is 0.0336. The van der Waals surface area contributed by atoms with E-state index in [1.807, 2.05) is 0 Å². The van der Waals surface area contributed by atoms with Crippen LogP contribution in [0.2, 0.25) is 0 Å². The van der Waals surface area contributed by atoms with E-state index in [0.29, 0.717) is 18.5 Å². The van der Waals surface area contributed by atoms with Crippen molar-refractivity contribution in [3.05, 3.63) is 23.8 Å². The van der Waals surface area contributed by atoms with Crippen LogP contribution < -0.4 is 11.1 Å². The molecule has 0 saturated carbocycles. The maximum absolute atomic E-state index is 11.4. The summed E-state index contributed by atoms with van der Waals surface area (Å²) < 4.78 is 0. The second kappa shape index (κ2) is 3.31. The molecule has 4 N–H and O–H groups in total. The van der Waals surface area contributed by atoms with Gasteiger partial charge >= 0.3 is 0 Å². The Kier molecular flexibility index (Phi) is 2.13. The average Bonchev–Trinajstić information content (AvgIpc) is 2.29. The van der Waals surface area contributed by atoms with E-state index in [0.717, 1.165) is 5.56 Å². The largest absolute Gasteiger partial charge is 0.508 e. The molecule has 0 fully saturated rings. The minimum Gasteiger partial charge on any atom is -0.508 e. The number of hydrogen-bond acceptors (Lipinski definition) is 3. The normalized spacial score (nSPS) is 20.9. The van der Waals surface area contributed by atoms with Crippen LogP contribution in [0.4, 0.5) is 5.69 Å². The molecule has 1 atom stereocenters. The zero-order valence-electron chi connectivity index (χ0n) is 7.66. The van der Waals surface area contributed by atoms with Gasteiger partial charge in [-0.05, 0) is 25.0 Å². The molecule has 1 amide bonds. The van der Waals surface area contributed by atoms with E-state index >= 15 is 0 Å². The van der Waals surface area contributed by atoms with Crippen LogP contribution in [-0.2, 0) is 11.2 Å². The van der Waals surface area contributed by atoms with Crippen LogP contribution in [0.15, 0.2) is 18.2 Å². The molecule has 1 aromatic carbocycles. The smallest absolute Gasteiger partial charge is 0.241 e. The summed E-state index contributed by atoms with van der Waals surface area (Å²) in [4.78, 5) is 11.4. The second-order valence-electron chi connectivity index (χ2n) is 3.44. The van der Waals surface area contributed by atoms with Gasteiger partial charge in [-0.2, -0.15) is 0 Å². The number of hydrogen-bond donors (Lipinski definition) is 3. The summed E-state index contributed by atoms with van der Waals surface area (Å²) in [7, 11) is 0. The summed E-state index contributed by atoms with van der Waals surface area (Å²) in [6.45, 7) is 0. The minimum atomic E-state index is -0.484. The van der Waals surface area contributed by atoms with Gasteiger partial charge in [0.05, 0.1) is 6.04 Å². The third-order valence-electron chi connectivity index (χ3n) is 2.45. The summed E-state index contributed by atoms with van der Waals surface area (Å²) in [6, 6.07) is 4.60. The van der Waals surface area contributed by atoms with E-state index in [1.165, 1.54) is 0 Å². The first kappa shape index (κ1) is 9.02. The molecule has 4 heteroatoms. The quantitative estimate of drug-likeness (QED) is 0.563. The van der Waals surface area contributed by atoms with Gasteiger partial charge in [0.25, 0.3) is 0 Å². The Morgan fingerprint density at radius 3 is 3.07 bits per heavy atom. The van der Waals surface area contributed by atoms with Crippen molar-refractivity contribution in [2.75, 3.05) is 5.32 Å². The number of aromatic hydroxyl groups is 1. The van der Waals surface area contributed by atoms with Crippen molar-refractivity contribution in [1.82, 2.24) is 0 Å². The summed E-state index contributed by atoms with van der Waals surface area (Å²) in [6.07, 6.45) is 1.19. The van der Waals surface area contributed by atoms with Gasteiger partial charge in [-0.3, -0.25) is 4.79 Å². The number of nitrogens with one attached hydrogen (secondary N) is 1. The molecule has 0 radical (unpaired) electrons.